The largest absolute Gasteiger partial charge is 0.467 e. The second-order valence-electron chi connectivity index (χ2n) is 6.07. The average molecular weight is 331 g/mol. The number of esters is 1. The van der Waals surface area contributed by atoms with E-state index in [4.69, 9.17) is 4.74 Å². The molecule has 0 aliphatic carbocycles. The first-order chi connectivity index (χ1) is 12.3. The fourth-order valence-electron chi connectivity index (χ4n) is 3.74. The molecule has 2 aromatic rings. The Morgan fingerprint density at radius 1 is 1.12 bits per heavy atom. The van der Waals surface area contributed by atoms with Gasteiger partial charge in [-0.1, -0.05) is 42.5 Å². The van der Waals surface area contributed by atoms with Crippen LogP contribution in [0.5, 0.6) is 0 Å². The number of anilines is 1. The van der Waals surface area contributed by atoms with E-state index < -0.39 is 17.9 Å². The van der Waals surface area contributed by atoms with E-state index in [0.29, 0.717) is 0 Å². The number of hydrogen-bond donors (Lipinski definition) is 0. The Kier molecular flexibility index (Phi) is 3.66. The molecule has 0 bridgehead atoms. The van der Waals surface area contributed by atoms with Gasteiger partial charge in [-0.05, 0) is 29.3 Å². The third-order valence-electron chi connectivity index (χ3n) is 4.81. The molecule has 124 valence electrons. The molecule has 0 spiro atoms. The molecule has 0 saturated carbocycles. The Morgan fingerprint density at radius 2 is 1.84 bits per heavy atom. The summed E-state index contributed by atoms with van der Waals surface area (Å²) in [6.45, 7) is 0. The minimum absolute atomic E-state index is 0.226. The van der Waals surface area contributed by atoms with Crippen LogP contribution < -0.4 is 5.01 Å². The third-order valence-corrected chi connectivity index (χ3v) is 4.81. The van der Waals surface area contributed by atoms with E-state index in [0.717, 1.165) is 16.8 Å². The van der Waals surface area contributed by atoms with Crippen molar-refractivity contribution in [2.24, 2.45) is 5.92 Å². The SMILES string of the molecule is COC(=O)[C@H]1[C@@H](C#N)[C@H]2c3ccccc3C=CN2N1c1ccccc1. The quantitative estimate of drug-likeness (QED) is 0.791. The highest BCUT2D eigenvalue weighted by Gasteiger charge is 2.53. The van der Waals surface area contributed by atoms with Crippen molar-refractivity contribution in [1.82, 2.24) is 5.01 Å². The Balaban J connectivity index is 1.89. The lowest BCUT2D eigenvalue weighted by atomic mass is 9.86. The fraction of sp³-hybridized carbons (Fsp3) is 0.200. The van der Waals surface area contributed by atoms with Gasteiger partial charge in [0.25, 0.3) is 0 Å². The second kappa shape index (κ2) is 5.99. The molecule has 1 fully saturated rings. The summed E-state index contributed by atoms with van der Waals surface area (Å²) in [5, 5.41) is 13.7. The zero-order valence-corrected chi connectivity index (χ0v) is 13.7. The first-order valence-corrected chi connectivity index (χ1v) is 8.13. The maximum atomic E-state index is 12.6. The van der Waals surface area contributed by atoms with Gasteiger partial charge in [-0.25, -0.2) is 4.79 Å². The number of nitrogens with zero attached hydrogens (tertiary/aromatic N) is 3. The fourth-order valence-corrected chi connectivity index (χ4v) is 3.74. The molecule has 0 amide bonds. The molecule has 5 nitrogen and oxygen atoms in total. The van der Waals surface area contributed by atoms with E-state index in [2.05, 4.69) is 6.07 Å². The van der Waals surface area contributed by atoms with E-state index in [9.17, 15) is 10.1 Å². The van der Waals surface area contributed by atoms with Crippen molar-refractivity contribution in [3.05, 3.63) is 71.9 Å². The first-order valence-electron chi connectivity index (χ1n) is 8.13. The van der Waals surface area contributed by atoms with E-state index in [1.54, 1.807) is 0 Å². The number of para-hydroxylation sites is 1. The van der Waals surface area contributed by atoms with Crippen LogP contribution in [0.4, 0.5) is 5.69 Å². The summed E-state index contributed by atoms with van der Waals surface area (Å²) in [6.07, 6.45) is 3.95. The Labute approximate surface area is 146 Å². The molecule has 0 N–H and O–H groups in total. The minimum atomic E-state index is -0.696. The van der Waals surface area contributed by atoms with E-state index in [1.165, 1.54) is 7.11 Å². The molecule has 3 atom stereocenters. The Morgan fingerprint density at radius 3 is 2.56 bits per heavy atom. The van der Waals surface area contributed by atoms with Crippen LogP contribution in [0.15, 0.2) is 60.8 Å². The number of carbonyl (C=O) groups excluding carboxylic acids is 1. The zero-order chi connectivity index (χ0) is 17.4. The van der Waals surface area contributed by atoms with Gasteiger partial charge in [0.1, 0.15) is 5.92 Å². The number of fused-ring (bicyclic) bond motifs is 3. The topological polar surface area (TPSA) is 56.6 Å². The maximum Gasteiger partial charge on any atom is 0.332 e. The maximum absolute atomic E-state index is 12.6. The first kappa shape index (κ1) is 15.3. The van der Waals surface area contributed by atoms with Gasteiger partial charge in [0.15, 0.2) is 6.04 Å². The summed E-state index contributed by atoms with van der Waals surface area (Å²) in [5.41, 5.74) is 2.97. The molecule has 1 saturated heterocycles. The van der Waals surface area contributed by atoms with E-state index in [1.807, 2.05) is 76.9 Å². The van der Waals surface area contributed by atoms with Crippen LogP contribution in [-0.4, -0.2) is 24.1 Å². The van der Waals surface area contributed by atoms with Crippen LogP contribution in [0, 0.1) is 17.2 Å². The molecule has 0 radical (unpaired) electrons. The molecule has 2 heterocycles. The molecular formula is C20H17N3O2. The van der Waals surface area contributed by atoms with Crippen molar-refractivity contribution in [2.45, 2.75) is 12.1 Å². The molecule has 2 aliphatic heterocycles. The van der Waals surface area contributed by atoms with Crippen molar-refractivity contribution in [3.8, 4) is 6.07 Å². The highest BCUT2D eigenvalue weighted by molar-refractivity contribution is 5.82. The summed E-state index contributed by atoms with van der Waals surface area (Å²) < 4.78 is 5.03. The van der Waals surface area contributed by atoms with Crippen molar-refractivity contribution < 1.29 is 9.53 Å². The molecule has 5 heteroatoms. The van der Waals surface area contributed by atoms with Crippen molar-refractivity contribution >= 4 is 17.7 Å². The zero-order valence-electron chi connectivity index (χ0n) is 13.7. The van der Waals surface area contributed by atoms with Gasteiger partial charge in [0.05, 0.1) is 24.9 Å². The van der Waals surface area contributed by atoms with Gasteiger partial charge in [0, 0.05) is 6.20 Å². The van der Waals surface area contributed by atoms with Crippen molar-refractivity contribution in [2.75, 3.05) is 12.1 Å². The highest BCUT2D eigenvalue weighted by atomic mass is 16.5. The predicted octanol–water partition coefficient (Wildman–Crippen LogP) is 3.13. The molecular weight excluding hydrogens is 314 g/mol. The van der Waals surface area contributed by atoms with Crippen LogP contribution in [0.25, 0.3) is 6.08 Å². The van der Waals surface area contributed by atoms with Gasteiger partial charge in [-0.3, -0.25) is 10.0 Å². The van der Waals surface area contributed by atoms with Crippen LogP contribution in [0.3, 0.4) is 0 Å². The van der Waals surface area contributed by atoms with Crippen molar-refractivity contribution in [3.63, 3.8) is 0 Å². The molecule has 0 aromatic heterocycles. The van der Waals surface area contributed by atoms with Gasteiger partial charge in [-0.15, -0.1) is 0 Å². The molecule has 0 unspecified atom stereocenters. The molecule has 2 aliphatic rings. The standard InChI is InChI=1S/C20H17N3O2/c1-25-20(24)19-17(13-21)18-16-10-6-5-7-14(16)11-12-22(18)23(19)15-8-3-2-4-9-15/h2-12,17-19H,1H3/t17-,18+,19+/m0/s1. The minimum Gasteiger partial charge on any atom is -0.467 e. The Hall–Kier alpha value is -3.26. The molecule has 4 rings (SSSR count). The number of nitriles is 1. The summed E-state index contributed by atoms with van der Waals surface area (Å²) in [7, 11) is 1.36. The highest BCUT2D eigenvalue weighted by Crippen LogP contribution is 2.47. The summed E-state index contributed by atoms with van der Waals surface area (Å²) in [6, 6.07) is 19.0. The van der Waals surface area contributed by atoms with Gasteiger partial charge >= 0.3 is 5.97 Å². The van der Waals surface area contributed by atoms with Crippen LogP contribution >= 0.6 is 0 Å². The Bertz CT molecular complexity index is 872. The van der Waals surface area contributed by atoms with Gasteiger partial charge in [-0.2, -0.15) is 5.26 Å². The second-order valence-corrected chi connectivity index (χ2v) is 6.07. The number of rotatable bonds is 2. The van der Waals surface area contributed by atoms with Crippen LogP contribution in [0.1, 0.15) is 17.2 Å². The van der Waals surface area contributed by atoms with Crippen molar-refractivity contribution in [1.29, 1.82) is 5.26 Å². The monoisotopic (exact) mass is 331 g/mol. The molecule has 25 heavy (non-hydrogen) atoms. The number of ether oxygens (including phenoxy) is 1. The third kappa shape index (κ3) is 2.26. The average Bonchev–Trinajstić information content (AvgIpc) is 3.02. The normalized spacial score (nSPS) is 23.6. The molecule has 2 aromatic carbocycles. The number of hydrazine groups is 1. The van der Waals surface area contributed by atoms with Crippen LogP contribution in [0.2, 0.25) is 0 Å². The summed E-state index contributed by atoms with van der Waals surface area (Å²) in [4.78, 5) is 12.6. The van der Waals surface area contributed by atoms with Gasteiger partial charge in [0.2, 0.25) is 0 Å². The summed E-state index contributed by atoms with van der Waals surface area (Å²) >= 11 is 0. The van der Waals surface area contributed by atoms with E-state index >= 15 is 0 Å². The van der Waals surface area contributed by atoms with E-state index in [-0.39, 0.29) is 6.04 Å². The van der Waals surface area contributed by atoms with Crippen LogP contribution in [-0.2, 0) is 9.53 Å². The smallest absolute Gasteiger partial charge is 0.332 e. The number of methoxy groups -OCH3 is 1. The lowest BCUT2D eigenvalue weighted by Gasteiger charge is -2.36. The summed E-state index contributed by atoms with van der Waals surface area (Å²) in [5.74, 6) is -0.950. The lowest BCUT2D eigenvalue weighted by Crippen LogP contribution is -2.44. The predicted molar refractivity (Wildman–Crippen MR) is 93.9 cm³/mol. The number of hydrogen-bond acceptors (Lipinski definition) is 5. The number of benzene rings is 2. The lowest BCUT2D eigenvalue weighted by molar-refractivity contribution is -0.142. The van der Waals surface area contributed by atoms with Gasteiger partial charge < -0.3 is 4.74 Å². The number of carbonyl (C=O) groups is 1.